The minimum Gasteiger partial charge on any atom is -0.377 e. The first-order chi connectivity index (χ1) is 7.79. The van der Waals surface area contributed by atoms with E-state index >= 15 is 0 Å². The van der Waals surface area contributed by atoms with Gasteiger partial charge in [0.2, 0.25) is 6.39 Å². The maximum absolute atomic E-state index is 12.8. The van der Waals surface area contributed by atoms with Gasteiger partial charge >= 0.3 is 0 Å². The molecule has 16 heavy (non-hydrogen) atoms. The third-order valence-electron chi connectivity index (χ3n) is 1.95. The molecule has 5 nitrogen and oxygen atoms in total. The van der Waals surface area contributed by atoms with Crippen molar-refractivity contribution >= 4 is 5.69 Å². The van der Waals surface area contributed by atoms with Crippen molar-refractivity contribution < 1.29 is 8.91 Å². The second-order valence-corrected chi connectivity index (χ2v) is 3.00. The Bertz CT molecular complexity index is 518. The molecule has 1 aromatic carbocycles. The van der Waals surface area contributed by atoms with E-state index in [1.165, 1.54) is 24.6 Å². The van der Waals surface area contributed by atoms with Crippen LogP contribution in [0.15, 0.2) is 29.1 Å². The highest BCUT2D eigenvalue weighted by molar-refractivity contribution is 5.57. The van der Waals surface area contributed by atoms with E-state index in [9.17, 15) is 4.39 Å². The second kappa shape index (κ2) is 4.40. The van der Waals surface area contributed by atoms with Crippen LogP contribution in [0.25, 0.3) is 0 Å². The molecule has 80 valence electrons. The van der Waals surface area contributed by atoms with E-state index in [1.54, 1.807) is 0 Å². The van der Waals surface area contributed by atoms with E-state index in [0.29, 0.717) is 18.1 Å². The quantitative estimate of drug-likeness (QED) is 0.848. The van der Waals surface area contributed by atoms with E-state index in [0.717, 1.165) is 0 Å². The molecule has 0 fully saturated rings. The number of nitriles is 1. The van der Waals surface area contributed by atoms with E-state index in [-0.39, 0.29) is 5.56 Å². The zero-order valence-electron chi connectivity index (χ0n) is 8.14. The molecule has 1 aromatic heterocycles. The van der Waals surface area contributed by atoms with Gasteiger partial charge in [0, 0.05) is 0 Å². The Morgan fingerprint density at radius 3 is 3.06 bits per heavy atom. The number of anilines is 1. The summed E-state index contributed by atoms with van der Waals surface area (Å²) in [6.07, 6.45) is 1.22. The number of hydrogen-bond acceptors (Lipinski definition) is 5. The number of nitrogens with zero attached hydrogens (tertiary/aromatic N) is 3. The summed E-state index contributed by atoms with van der Waals surface area (Å²) in [6, 6.07) is 5.84. The molecule has 0 saturated heterocycles. The fourth-order valence-corrected chi connectivity index (χ4v) is 1.21. The van der Waals surface area contributed by atoms with Crippen molar-refractivity contribution in [3.8, 4) is 6.07 Å². The van der Waals surface area contributed by atoms with E-state index in [1.807, 2.05) is 6.07 Å². The van der Waals surface area contributed by atoms with Crippen LogP contribution < -0.4 is 5.32 Å². The lowest BCUT2D eigenvalue weighted by Crippen LogP contribution is -2.03. The van der Waals surface area contributed by atoms with Gasteiger partial charge in [-0.25, -0.2) is 4.39 Å². The minimum absolute atomic E-state index is 0.239. The monoisotopic (exact) mass is 218 g/mol. The van der Waals surface area contributed by atoms with Crippen molar-refractivity contribution in [3.05, 3.63) is 41.8 Å². The molecule has 0 radical (unpaired) electrons. The van der Waals surface area contributed by atoms with Crippen molar-refractivity contribution in [2.75, 3.05) is 5.32 Å². The molecule has 1 heterocycles. The van der Waals surface area contributed by atoms with Gasteiger partial charge in [-0.15, -0.1) is 0 Å². The summed E-state index contributed by atoms with van der Waals surface area (Å²) < 4.78 is 17.4. The van der Waals surface area contributed by atoms with E-state index < -0.39 is 5.82 Å². The standard InChI is InChI=1S/C10H7FN4O/c11-8-1-2-9(7(3-8)4-12)13-5-10-14-6-16-15-10/h1-3,6,13H,5H2. The molecule has 0 atom stereocenters. The van der Waals surface area contributed by atoms with Gasteiger partial charge in [0.1, 0.15) is 11.9 Å². The van der Waals surface area contributed by atoms with Crippen molar-refractivity contribution in [2.24, 2.45) is 0 Å². The van der Waals surface area contributed by atoms with Gasteiger partial charge in [-0.2, -0.15) is 10.2 Å². The van der Waals surface area contributed by atoms with Crippen molar-refractivity contribution in [2.45, 2.75) is 6.54 Å². The number of nitrogens with one attached hydrogen (secondary N) is 1. The predicted octanol–water partition coefficient (Wildman–Crippen LogP) is 1.69. The summed E-state index contributed by atoms with van der Waals surface area (Å²) in [5.41, 5.74) is 0.775. The highest BCUT2D eigenvalue weighted by Gasteiger charge is 2.04. The minimum atomic E-state index is -0.443. The second-order valence-electron chi connectivity index (χ2n) is 3.00. The zero-order valence-corrected chi connectivity index (χ0v) is 8.14. The van der Waals surface area contributed by atoms with Gasteiger partial charge in [0.15, 0.2) is 5.82 Å². The Balaban J connectivity index is 2.13. The summed E-state index contributed by atoms with van der Waals surface area (Å²) in [6.45, 7) is 0.316. The molecule has 0 aliphatic rings. The Morgan fingerprint density at radius 1 is 1.50 bits per heavy atom. The Morgan fingerprint density at radius 2 is 2.38 bits per heavy atom. The van der Waals surface area contributed by atoms with Crippen LogP contribution in [0.4, 0.5) is 10.1 Å². The number of rotatable bonds is 3. The van der Waals surface area contributed by atoms with Crippen LogP contribution in [0.2, 0.25) is 0 Å². The molecule has 6 heteroatoms. The molecule has 2 aromatic rings. The highest BCUT2D eigenvalue weighted by atomic mass is 19.1. The molecular weight excluding hydrogens is 211 g/mol. The maximum Gasteiger partial charge on any atom is 0.213 e. The molecule has 0 spiro atoms. The fraction of sp³-hybridized carbons (Fsp3) is 0.100. The molecule has 0 aliphatic carbocycles. The van der Waals surface area contributed by atoms with Gasteiger partial charge in [-0.05, 0) is 18.2 Å². The van der Waals surface area contributed by atoms with Crippen LogP contribution in [0.5, 0.6) is 0 Å². The lowest BCUT2D eigenvalue weighted by molar-refractivity contribution is 0.411. The molecular formula is C10H7FN4O. The van der Waals surface area contributed by atoms with Crippen LogP contribution >= 0.6 is 0 Å². The zero-order chi connectivity index (χ0) is 11.4. The third kappa shape index (κ3) is 2.15. The summed E-state index contributed by atoms with van der Waals surface area (Å²) in [4.78, 5) is 3.81. The molecule has 0 bridgehead atoms. The fourth-order valence-electron chi connectivity index (χ4n) is 1.21. The normalized spacial score (nSPS) is 9.75. The molecule has 0 unspecified atom stereocenters. The molecule has 0 aliphatic heterocycles. The van der Waals surface area contributed by atoms with Gasteiger partial charge in [0.25, 0.3) is 0 Å². The van der Waals surface area contributed by atoms with Crippen LogP contribution in [0, 0.1) is 17.1 Å². The average Bonchev–Trinajstić information content (AvgIpc) is 2.80. The summed E-state index contributed by atoms with van der Waals surface area (Å²) in [5.74, 6) is 0.0230. The van der Waals surface area contributed by atoms with Gasteiger partial charge in [-0.1, -0.05) is 5.16 Å². The maximum atomic E-state index is 12.8. The Labute approximate surface area is 90.5 Å². The van der Waals surface area contributed by atoms with Crippen LogP contribution in [-0.2, 0) is 6.54 Å². The van der Waals surface area contributed by atoms with E-state index in [4.69, 9.17) is 5.26 Å². The lowest BCUT2D eigenvalue weighted by atomic mass is 10.2. The van der Waals surface area contributed by atoms with Crippen molar-refractivity contribution in [3.63, 3.8) is 0 Å². The first kappa shape index (κ1) is 10.1. The summed E-state index contributed by atoms with van der Waals surface area (Å²) in [5, 5.41) is 15.3. The largest absolute Gasteiger partial charge is 0.377 e. The third-order valence-corrected chi connectivity index (χ3v) is 1.95. The smallest absolute Gasteiger partial charge is 0.213 e. The Kier molecular flexibility index (Phi) is 2.78. The lowest BCUT2D eigenvalue weighted by Gasteiger charge is -2.05. The molecule has 1 N–H and O–H groups in total. The molecule has 0 amide bonds. The number of aromatic nitrogens is 2. The number of halogens is 1. The predicted molar refractivity (Wildman–Crippen MR) is 52.7 cm³/mol. The number of benzene rings is 1. The first-order valence-corrected chi connectivity index (χ1v) is 4.48. The van der Waals surface area contributed by atoms with Crippen LogP contribution in [0.1, 0.15) is 11.4 Å². The van der Waals surface area contributed by atoms with Gasteiger partial charge in [0.05, 0.1) is 17.8 Å². The highest BCUT2D eigenvalue weighted by Crippen LogP contribution is 2.16. The molecule has 2 rings (SSSR count). The van der Waals surface area contributed by atoms with E-state index in [2.05, 4.69) is 20.0 Å². The van der Waals surface area contributed by atoms with Crippen molar-refractivity contribution in [1.82, 2.24) is 10.1 Å². The SMILES string of the molecule is N#Cc1cc(F)ccc1NCc1ncon1. The van der Waals surface area contributed by atoms with Gasteiger partial charge < -0.3 is 9.84 Å². The average molecular weight is 218 g/mol. The molecule has 0 saturated carbocycles. The number of hydrogen-bond donors (Lipinski definition) is 1. The van der Waals surface area contributed by atoms with Crippen LogP contribution in [0.3, 0.4) is 0 Å². The van der Waals surface area contributed by atoms with Crippen molar-refractivity contribution in [1.29, 1.82) is 5.26 Å². The summed E-state index contributed by atoms with van der Waals surface area (Å²) >= 11 is 0. The summed E-state index contributed by atoms with van der Waals surface area (Å²) in [7, 11) is 0. The van der Waals surface area contributed by atoms with Gasteiger partial charge in [-0.3, -0.25) is 0 Å². The topological polar surface area (TPSA) is 74.7 Å². The Hall–Kier alpha value is -2.42. The first-order valence-electron chi connectivity index (χ1n) is 4.48. The van der Waals surface area contributed by atoms with Crippen LogP contribution in [-0.4, -0.2) is 10.1 Å².